The molecule has 3 aromatic carbocycles. The van der Waals surface area contributed by atoms with Gasteiger partial charge in [0.25, 0.3) is 17.5 Å². The summed E-state index contributed by atoms with van der Waals surface area (Å²) in [6, 6.07) is 21.0. The molecule has 0 aliphatic rings. The number of rotatable bonds is 7. The zero-order chi connectivity index (χ0) is 21.5. The van der Waals surface area contributed by atoms with Gasteiger partial charge in [0.2, 0.25) is 0 Å². The summed E-state index contributed by atoms with van der Waals surface area (Å²) in [4.78, 5) is 34.7. The van der Waals surface area contributed by atoms with Gasteiger partial charge in [-0.1, -0.05) is 18.2 Å². The van der Waals surface area contributed by atoms with Crippen molar-refractivity contribution < 1.29 is 19.2 Å². The molecule has 0 aliphatic heterocycles. The second kappa shape index (κ2) is 9.33. The molecule has 0 spiro atoms. The van der Waals surface area contributed by atoms with E-state index < -0.39 is 11.0 Å². The lowest BCUT2D eigenvalue weighted by Crippen LogP contribution is -2.30. The Balaban J connectivity index is 1.54. The van der Waals surface area contributed by atoms with E-state index in [1.807, 2.05) is 6.07 Å². The molecule has 1 unspecified atom stereocenters. The highest BCUT2D eigenvalue weighted by molar-refractivity contribution is 6.04. The van der Waals surface area contributed by atoms with Gasteiger partial charge in [-0.15, -0.1) is 0 Å². The van der Waals surface area contributed by atoms with Crippen LogP contribution in [0.4, 0.5) is 17.1 Å². The largest absolute Gasteiger partial charge is 0.481 e. The summed E-state index contributed by atoms with van der Waals surface area (Å²) < 4.78 is 5.52. The molecule has 30 heavy (non-hydrogen) atoms. The number of ether oxygens (including phenoxy) is 1. The Morgan fingerprint density at radius 1 is 0.867 bits per heavy atom. The third-order valence-electron chi connectivity index (χ3n) is 4.18. The Bertz CT molecular complexity index is 1030. The van der Waals surface area contributed by atoms with Crippen LogP contribution in [0.3, 0.4) is 0 Å². The van der Waals surface area contributed by atoms with E-state index in [-0.39, 0.29) is 17.5 Å². The van der Waals surface area contributed by atoms with Crippen molar-refractivity contribution in [2.75, 3.05) is 10.6 Å². The van der Waals surface area contributed by atoms with Crippen LogP contribution in [0.15, 0.2) is 78.9 Å². The van der Waals surface area contributed by atoms with Crippen LogP contribution < -0.4 is 15.4 Å². The summed E-state index contributed by atoms with van der Waals surface area (Å²) in [7, 11) is 0. The van der Waals surface area contributed by atoms with E-state index in [1.165, 1.54) is 24.3 Å². The zero-order valence-electron chi connectivity index (χ0n) is 16.1. The van der Waals surface area contributed by atoms with Crippen LogP contribution in [0.2, 0.25) is 0 Å². The molecular weight excluding hydrogens is 386 g/mol. The van der Waals surface area contributed by atoms with Crippen molar-refractivity contribution in [3.8, 4) is 5.75 Å². The number of hydrogen-bond acceptors (Lipinski definition) is 5. The molecule has 0 saturated heterocycles. The zero-order valence-corrected chi connectivity index (χ0v) is 16.1. The highest BCUT2D eigenvalue weighted by Gasteiger charge is 2.16. The van der Waals surface area contributed by atoms with Crippen molar-refractivity contribution in [1.29, 1.82) is 0 Å². The van der Waals surface area contributed by atoms with Gasteiger partial charge in [0.1, 0.15) is 5.75 Å². The number of benzene rings is 3. The van der Waals surface area contributed by atoms with Gasteiger partial charge >= 0.3 is 0 Å². The molecule has 0 aromatic heterocycles. The van der Waals surface area contributed by atoms with Crippen LogP contribution >= 0.6 is 0 Å². The first kappa shape index (κ1) is 20.5. The number of nitro groups is 1. The lowest BCUT2D eigenvalue weighted by Gasteiger charge is -2.15. The predicted molar refractivity (Wildman–Crippen MR) is 113 cm³/mol. The molecule has 0 aliphatic carbocycles. The number of hydrogen-bond donors (Lipinski definition) is 2. The van der Waals surface area contributed by atoms with Gasteiger partial charge in [0, 0.05) is 29.1 Å². The molecule has 152 valence electrons. The van der Waals surface area contributed by atoms with E-state index in [1.54, 1.807) is 55.5 Å². The van der Waals surface area contributed by atoms with E-state index in [2.05, 4.69) is 10.6 Å². The average molecular weight is 405 g/mol. The van der Waals surface area contributed by atoms with Crippen LogP contribution in [-0.2, 0) is 4.79 Å². The SMILES string of the molecule is CC(Oc1ccc([N+](=O)[O-])cc1)C(=O)Nc1ccc(NC(=O)c2ccccc2)cc1. The van der Waals surface area contributed by atoms with Gasteiger partial charge in [-0.2, -0.15) is 0 Å². The number of amides is 2. The molecule has 2 N–H and O–H groups in total. The maximum absolute atomic E-state index is 12.3. The van der Waals surface area contributed by atoms with Crippen molar-refractivity contribution in [2.45, 2.75) is 13.0 Å². The van der Waals surface area contributed by atoms with Gasteiger partial charge in [0.05, 0.1) is 4.92 Å². The van der Waals surface area contributed by atoms with Crippen LogP contribution in [0.25, 0.3) is 0 Å². The summed E-state index contributed by atoms with van der Waals surface area (Å²) in [6.07, 6.45) is -0.816. The smallest absolute Gasteiger partial charge is 0.269 e. The van der Waals surface area contributed by atoms with Crippen LogP contribution in [0.1, 0.15) is 17.3 Å². The molecule has 8 heteroatoms. The molecular formula is C22H19N3O5. The second-order valence-corrected chi connectivity index (χ2v) is 6.40. The molecule has 0 bridgehead atoms. The molecule has 0 radical (unpaired) electrons. The normalized spacial score (nSPS) is 11.2. The predicted octanol–water partition coefficient (Wildman–Crippen LogP) is 4.25. The quantitative estimate of drug-likeness (QED) is 0.451. The monoisotopic (exact) mass is 405 g/mol. The topological polar surface area (TPSA) is 111 Å². The molecule has 0 heterocycles. The first-order valence-corrected chi connectivity index (χ1v) is 9.11. The first-order valence-electron chi connectivity index (χ1n) is 9.11. The molecule has 1 atom stereocenters. The van der Waals surface area contributed by atoms with E-state index in [9.17, 15) is 19.7 Å². The molecule has 3 aromatic rings. The van der Waals surface area contributed by atoms with Gasteiger partial charge in [-0.05, 0) is 55.5 Å². The van der Waals surface area contributed by atoms with Gasteiger partial charge < -0.3 is 15.4 Å². The van der Waals surface area contributed by atoms with Gasteiger partial charge in [-0.25, -0.2) is 0 Å². The van der Waals surface area contributed by atoms with Crippen LogP contribution in [-0.4, -0.2) is 22.8 Å². The van der Waals surface area contributed by atoms with Gasteiger partial charge in [-0.3, -0.25) is 19.7 Å². The van der Waals surface area contributed by atoms with Crippen molar-refractivity contribution in [3.63, 3.8) is 0 Å². The van der Waals surface area contributed by atoms with Crippen molar-refractivity contribution in [3.05, 3.63) is 94.5 Å². The van der Waals surface area contributed by atoms with Crippen molar-refractivity contribution in [1.82, 2.24) is 0 Å². The fourth-order valence-electron chi connectivity index (χ4n) is 2.58. The Hall–Kier alpha value is -4.20. The van der Waals surface area contributed by atoms with E-state index in [0.717, 1.165) is 0 Å². The maximum atomic E-state index is 12.3. The summed E-state index contributed by atoms with van der Waals surface area (Å²) in [6.45, 7) is 1.57. The van der Waals surface area contributed by atoms with Crippen molar-refractivity contribution >= 4 is 28.9 Å². The summed E-state index contributed by atoms with van der Waals surface area (Å²) >= 11 is 0. The highest BCUT2D eigenvalue weighted by atomic mass is 16.6. The molecule has 0 saturated carbocycles. The third kappa shape index (κ3) is 5.41. The van der Waals surface area contributed by atoms with E-state index in [4.69, 9.17) is 4.74 Å². The molecule has 8 nitrogen and oxygen atoms in total. The summed E-state index contributed by atoms with van der Waals surface area (Å²) in [5.74, 6) is -0.255. The number of nitrogens with one attached hydrogen (secondary N) is 2. The molecule has 2 amide bonds. The third-order valence-corrected chi connectivity index (χ3v) is 4.18. The Labute approximate surface area is 172 Å². The highest BCUT2D eigenvalue weighted by Crippen LogP contribution is 2.19. The standard InChI is InChI=1S/C22H19N3O5/c1-15(30-20-13-11-19(12-14-20)25(28)29)21(26)23-17-7-9-18(10-8-17)24-22(27)16-5-3-2-4-6-16/h2-15H,1H3,(H,23,26)(H,24,27). The Kier molecular flexibility index (Phi) is 6.39. The minimum atomic E-state index is -0.816. The summed E-state index contributed by atoms with van der Waals surface area (Å²) in [5, 5.41) is 16.2. The summed E-state index contributed by atoms with van der Waals surface area (Å²) in [5.41, 5.74) is 1.62. The maximum Gasteiger partial charge on any atom is 0.269 e. The minimum absolute atomic E-state index is 0.0566. The minimum Gasteiger partial charge on any atom is -0.481 e. The fraction of sp³-hybridized carbons (Fsp3) is 0.0909. The molecule has 3 rings (SSSR count). The molecule has 0 fully saturated rings. The first-order chi connectivity index (χ1) is 14.4. The lowest BCUT2D eigenvalue weighted by molar-refractivity contribution is -0.384. The number of anilines is 2. The van der Waals surface area contributed by atoms with Crippen LogP contribution in [0, 0.1) is 10.1 Å². The number of carbonyl (C=O) groups is 2. The number of non-ortho nitro benzene ring substituents is 1. The lowest BCUT2D eigenvalue weighted by atomic mass is 10.2. The second-order valence-electron chi connectivity index (χ2n) is 6.40. The fourth-order valence-corrected chi connectivity index (χ4v) is 2.58. The van der Waals surface area contributed by atoms with E-state index in [0.29, 0.717) is 22.7 Å². The number of nitrogens with zero attached hydrogens (tertiary/aromatic N) is 1. The number of carbonyl (C=O) groups excluding carboxylic acids is 2. The van der Waals surface area contributed by atoms with Crippen molar-refractivity contribution in [2.24, 2.45) is 0 Å². The Morgan fingerprint density at radius 3 is 2.00 bits per heavy atom. The van der Waals surface area contributed by atoms with E-state index >= 15 is 0 Å². The van der Waals surface area contributed by atoms with Gasteiger partial charge in [0.15, 0.2) is 6.10 Å². The number of nitro benzene ring substituents is 1. The Morgan fingerprint density at radius 2 is 1.43 bits per heavy atom. The average Bonchev–Trinajstić information content (AvgIpc) is 2.76. The van der Waals surface area contributed by atoms with Crippen LogP contribution in [0.5, 0.6) is 5.75 Å².